The van der Waals surface area contributed by atoms with Gasteiger partial charge in [-0.15, -0.1) is 0 Å². The molecule has 0 radical (unpaired) electrons. The van der Waals surface area contributed by atoms with E-state index in [1.54, 1.807) is 30.5 Å². The van der Waals surface area contributed by atoms with Crippen molar-refractivity contribution >= 4 is 20.9 Å². The SMILES string of the molecule is CC1C(Oc2ccc(-c3cc4ccccc4n3S(=O)(=O)c3ccccc3)cn2)C2CCN1CC2. The van der Waals surface area contributed by atoms with Gasteiger partial charge in [-0.05, 0) is 69.1 Å². The number of fused-ring (bicyclic) bond motifs is 4. The molecule has 7 heteroatoms. The van der Waals surface area contributed by atoms with E-state index in [1.165, 1.54) is 16.8 Å². The van der Waals surface area contributed by atoms with Crippen LogP contribution < -0.4 is 4.74 Å². The van der Waals surface area contributed by atoms with E-state index >= 15 is 0 Å². The Kier molecular flexibility index (Phi) is 5.19. The van der Waals surface area contributed by atoms with Gasteiger partial charge in [0.2, 0.25) is 5.88 Å². The van der Waals surface area contributed by atoms with Gasteiger partial charge in [0, 0.05) is 29.3 Å². The molecule has 3 aliphatic rings. The molecular formula is C27H27N3O3S. The molecule has 2 atom stereocenters. The van der Waals surface area contributed by atoms with Crippen molar-refractivity contribution in [2.24, 2.45) is 5.92 Å². The minimum atomic E-state index is -3.79. The van der Waals surface area contributed by atoms with Crippen molar-refractivity contribution in [1.29, 1.82) is 0 Å². The predicted octanol–water partition coefficient (Wildman–Crippen LogP) is 4.80. The molecule has 0 amide bonds. The van der Waals surface area contributed by atoms with Crippen LogP contribution in [0.5, 0.6) is 5.88 Å². The van der Waals surface area contributed by atoms with Crippen molar-refractivity contribution < 1.29 is 13.2 Å². The quantitative estimate of drug-likeness (QED) is 0.417. The average molecular weight is 474 g/mol. The smallest absolute Gasteiger partial charge is 0.268 e. The molecular weight excluding hydrogens is 446 g/mol. The van der Waals surface area contributed by atoms with E-state index in [1.807, 2.05) is 48.5 Å². The first-order chi connectivity index (χ1) is 16.5. The summed E-state index contributed by atoms with van der Waals surface area (Å²) in [6, 6.07) is 22.1. The van der Waals surface area contributed by atoms with E-state index in [-0.39, 0.29) is 11.0 Å². The van der Waals surface area contributed by atoms with Crippen LogP contribution in [-0.2, 0) is 10.0 Å². The number of para-hydroxylation sites is 1. The minimum Gasteiger partial charge on any atom is -0.472 e. The summed E-state index contributed by atoms with van der Waals surface area (Å²) in [5, 5.41) is 0.860. The third-order valence-corrected chi connectivity index (χ3v) is 9.07. The van der Waals surface area contributed by atoms with E-state index in [2.05, 4.69) is 16.8 Å². The molecule has 0 N–H and O–H groups in total. The highest BCUT2D eigenvalue weighted by Gasteiger charge is 2.41. The first kappa shape index (κ1) is 21.4. The van der Waals surface area contributed by atoms with Gasteiger partial charge in [-0.1, -0.05) is 36.4 Å². The molecule has 0 aliphatic carbocycles. The summed E-state index contributed by atoms with van der Waals surface area (Å²) < 4.78 is 35.1. The molecule has 6 nitrogen and oxygen atoms in total. The number of ether oxygens (including phenoxy) is 1. The molecule has 0 spiro atoms. The largest absolute Gasteiger partial charge is 0.472 e. The standard InChI is InChI=1S/C27H27N3O3S/c1-19-27(20-13-15-29(19)16-14-20)33-26-12-11-22(18-28-26)25-17-21-7-5-6-10-24(21)30(25)34(31,32)23-8-3-2-4-9-23/h2-12,17-20,27H,13-16H2,1H3. The fraction of sp³-hybridized carbons (Fsp3) is 0.296. The Labute approximate surface area is 199 Å². The Morgan fingerprint density at radius 1 is 0.941 bits per heavy atom. The lowest BCUT2D eigenvalue weighted by atomic mass is 9.81. The highest BCUT2D eigenvalue weighted by atomic mass is 32.2. The van der Waals surface area contributed by atoms with Crippen molar-refractivity contribution in [2.45, 2.75) is 36.8 Å². The van der Waals surface area contributed by atoms with Gasteiger partial charge in [0.05, 0.1) is 16.1 Å². The van der Waals surface area contributed by atoms with Gasteiger partial charge < -0.3 is 4.74 Å². The van der Waals surface area contributed by atoms with E-state index in [0.717, 1.165) is 24.0 Å². The fourth-order valence-corrected chi connectivity index (χ4v) is 7.03. The third kappa shape index (κ3) is 3.51. The monoisotopic (exact) mass is 473 g/mol. The number of pyridine rings is 1. The molecule has 174 valence electrons. The molecule has 7 rings (SSSR count). The van der Waals surface area contributed by atoms with E-state index < -0.39 is 10.0 Å². The molecule has 4 aromatic rings. The van der Waals surface area contributed by atoms with Crippen LogP contribution in [0.4, 0.5) is 0 Å². The molecule has 3 aliphatic heterocycles. The average Bonchev–Trinajstić information content (AvgIpc) is 3.28. The molecule has 2 bridgehead atoms. The number of benzene rings is 2. The van der Waals surface area contributed by atoms with E-state index in [9.17, 15) is 8.42 Å². The van der Waals surface area contributed by atoms with Crippen LogP contribution in [0.3, 0.4) is 0 Å². The van der Waals surface area contributed by atoms with Gasteiger partial charge in [-0.3, -0.25) is 4.90 Å². The van der Waals surface area contributed by atoms with Crippen molar-refractivity contribution in [3.8, 4) is 17.1 Å². The number of rotatable bonds is 5. The number of hydrogen-bond donors (Lipinski definition) is 0. The van der Waals surface area contributed by atoms with Gasteiger partial charge in [0.15, 0.2) is 0 Å². The Morgan fingerprint density at radius 3 is 2.38 bits per heavy atom. The van der Waals surface area contributed by atoms with Gasteiger partial charge in [-0.25, -0.2) is 17.4 Å². The van der Waals surface area contributed by atoms with Crippen LogP contribution in [0.25, 0.3) is 22.2 Å². The lowest BCUT2D eigenvalue weighted by Crippen LogP contribution is -2.58. The number of hydrogen-bond acceptors (Lipinski definition) is 5. The van der Waals surface area contributed by atoms with Gasteiger partial charge in [0.25, 0.3) is 10.0 Å². The second-order valence-electron chi connectivity index (χ2n) is 9.25. The predicted molar refractivity (Wildman–Crippen MR) is 132 cm³/mol. The second-order valence-corrected chi connectivity index (χ2v) is 11.0. The maximum absolute atomic E-state index is 13.7. The van der Waals surface area contributed by atoms with Gasteiger partial charge >= 0.3 is 0 Å². The normalized spacial score (nSPS) is 24.4. The molecule has 2 aromatic heterocycles. The zero-order chi connectivity index (χ0) is 23.3. The highest BCUT2D eigenvalue weighted by molar-refractivity contribution is 7.90. The number of aromatic nitrogens is 2. The van der Waals surface area contributed by atoms with Gasteiger partial charge in [-0.2, -0.15) is 0 Å². The summed E-state index contributed by atoms with van der Waals surface area (Å²) in [6.45, 7) is 4.54. The molecule has 3 fully saturated rings. The van der Waals surface area contributed by atoms with Crippen molar-refractivity contribution in [1.82, 2.24) is 13.9 Å². The zero-order valence-electron chi connectivity index (χ0n) is 19.0. The van der Waals surface area contributed by atoms with E-state index in [4.69, 9.17) is 4.74 Å². The Bertz CT molecular complexity index is 1420. The molecule has 2 aromatic carbocycles. The maximum atomic E-state index is 13.7. The second kappa shape index (κ2) is 8.25. The molecule has 34 heavy (non-hydrogen) atoms. The van der Waals surface area contributed by atoms with Crippen LogP contribution >= 0.6 is 0 Å². The van der Waals surface area contributed by atoms with E-state index in [0.29, 0.717) is 29.1 Å². The van der Waals surface area contributed by atoms with Crippen LogP contribution in [0.15, 0.2) is 83.9 Å². The van der Waals surface area contributed by atoms with Crippen LogP contribution in [0.2, 0.25) is 0 Å². The third-order valence-electron chi connectivity index (χ3n) is 7.33. The molecule has 5 heterocycles. The molecule has 3 saturated heterocycles. The fourth-order valence-electron chi connectivity index (χ4n) is 5.48. The summed E-state index contributed by atoms with van der Waals surface area (Å²) in [4.78, 5) is 7.33. The molecule has 2 unspecified atom stereocenters. The summed E-state index contributed by atoms with van der Waals surface area (Å²) in [7, 11) is -3.79. The van der Waals surface area contributed by atoms with Crippen LogP contribution in [0, 0.1) is 5.92 Å². The summed E-state index contributed by atoms with van der Waals surface area (Å²) >= 11 is 0. The van der Waals surface area contributed by atoms with Gasteiger partial charge in [0.1, 0.15) is 6.10 Å². The first-order valence-corrected chi connectivity index (χ1v) is 13.2. The van der Waals surface area contributed by atoms with Crippen molar-refractivity contribution in [2.75, 3.05) is 13.1 Å². The number of piperidine rings is 3. The minimum absolute atomic E-state index is 0.144. The first-order valence-electron chi connectivity index (χ1n) is 11.8. The molecule has 0 saturated carbocycles. The Morgan fingerprint density at radius 2 is 1.68 bits per heavy atom. The lowest BCUT2D eigenvalue weighted by Gasteiger charge is -2.49. The maximum Gasteiger partial charge on any atom is 0.268 e. The topological polar surface area (TPSA) is 64.4 Å². The summed E-state index contributed by atoms with van der Waals surface area (Å²) in [6.07, 6.45) is 4.20. The Balaban J connectivity index is 1.38. The lowest BCUT2D eigenvalue weighted by molar-refractivity contribution is -0.0525. The summed E-state index contributed by atoms with van der Waals surface area (Å²) in [5.74, 6) is 1.16. The van der Waals surface area contributed by atoms with Crippen LogP contribution in [-0.4, -0.2) is 47.5 Å². The van der Waals surface area contributed by atoms with Crippen LogP contribution in [0.1, 0.15) is 19.8 Å². The van der Waals surface area contributed by atoms with Crippen molar-refractivity contribution in [3.05, 3.63) is 79.0 Å². The summed E-state index contributed by atoms with van der Waals surface area (Å²) in [5.41, 5.74) is 1.95. The highest BCUT2D eigenvalue weighted by Crippen LogP contribution is 2.36. The number of nitrogens with zero attached hydrogens (tertiary/aromatic N) is 3. The zero-order valence-corrected chi connectivity index (χ0v) is 19.9. The Hall–Kier alpha value is -3.16. The van der Waals surface area contributed by atoms with Crippen molar-refractivity contribution in [3.63, 3.8) is 0 Å².